The lowest BCUT2D eigenvalue weighted by atomic mass is 10.1. The fourth-order valence-corrected chi connectivity index (χ4v) is 2.79. The molecule has 8 nitrogen and oxygen atoms in total. The minimum absolute atomic E-state index is 0.238. The van der Waals surface area contributed by atoms with E-state index in [1.54, 1.807) is 13.1 Å². The van der Waals surface area contributed by atoms with Crippen LogP contribution < -0.4 is 20.7 Å². The zero-order chi connectivity index (χ0) is 19.6. The summed E-state index contributed by atoms with van der Waals surface area (Å²) >= 11 is 12.3. The van der Waals surface area contributed by atoms with Crippen LogP contribution in [0.5, 0.6) is 5.75 Å². The number of nitrogens with zero attached hydrogens (tertiary/aromatic N) is 3. The van der Waals surface area contributed by atoms with Gasteiger partial charge in [-0.1, -0.05) is 23.2 Å². The molecule has 3 N–H and O–H groups in total. The summed E-state index contributed by atoms with van der Waals surface area (Å²) in [6.45, 7) is 0. The number of hydrogen-bond donors (Lipinski definition) is 3. The van der Waals surface area contributed by atoms with Crippen LogP contribution >= 0.6 is 23.2 Å². The maximum absolute atomic E-state index is 12.5. The Balaban J connectivity index is 1.88. The molecular weight excluding hydrogens is 391 g/mol. The molecule has 0 bridgehead atoms. The molecule has 27 heavy (non-hydrogen) atoms. The second-order valence-corrected chi connectivity index (χ2v) is 6.76. The number of carbonyl (C=O) groups excluding carboxylic acids is 1. The molecule has 1 amide bonds. The summed E-state index contributed by atoms with van der Waals surface area (Å²) in [6.07, 6.45) is 2.71. The molecule has 1 saturated carbocycles. The molecule has 0 spiro atoms. The highest BCUT2D eigenvalue weighted by Gasteiger charge is 2.45. The van der Waals surface area contributed by atoms with E-state index < -0.39 is 11.4 Å². The van der Waals surface area contributed by atoms with Gasteiger partial charge in [-0.2, -0.15) is 10.2 Å². The molecule has 0 saturated heterocycles. The Morgan fingerprint density at radius 2 is 2.07 bits per heavy atom. The highest BCUT2D eigenvalue weighted by Crippen LogP contribution is 2.37. The van der Waals surface area contributed by atoms with E-state index in [2.05, 4.69) is 32.0 Å². The van der Waals surface area contributed by atoms with Gasteiger partial charge >= 0.3 is 0 Å². The number of amides is 1. The van der Waals surface area contributed by atoms with Gasteiger partial charge in [0, 0.05) is 13.1 Å². The Labute approximate surface area is 165 Å². The molecule has 0 radical (unpaired) electrons. The summed E-state index contributed by atoms with van der Waals surface area (Å²) in [5, 5.41) is 18.3. The van der Waals surface area contributed by atoms with Crippen molar-refractivity contribution in [2.24, 2.45) is 0 Å². The first-order valence-electron chi connectivity index (χ1n) is 8.00. The van der Waals surface area contributed by atoms with Gasteiger partial charge in [0.25, 0.3) is 5.91 Å². The lowest BCUT2D eigenvalue weighted by Gasteiger charge is -2.15. The predicted molar refractivity (Wildman–Crippen MR) is 103 cm³/mol. The van der Waals surface area contributed by atoms with Crippen LogP contribution in [0.15, 0.2) is 18.3 Å². The molecule has 1 aromatic carbocycles. The fourth-order valence-electron chi connectivity index (χ4n) is 2.39. The predicted octanol–water partition coefficient (Wildman–Crippen LogP) is 3.36. The summed E-state index contributed by atoms with van der Waals surface area (Å²) in [4.78, 5) is 20.8. The van der Waals surface area contributed by atoms with Crippen LogP contribution in [0.3, 0.4) is 0 Å². The molecule has 2 aromatic rings. The fraction of sp³-hybridized carbons (Fsp3) is 0.294. The lowest BCUT2D eigenvalue weighted by Crippen LogP contribution is -2.35. The van der Waals surface area contributed by atoms with E-state index in [9.17, 15) is 4.79 Å². The van der Waals surface area contributed by atoms with Crippen LogP contribution in [0.2, 0.25) is 10.0 Å². The highest BCUT2D eigenvalue weighted by molar-refractivity contribution is 6.34. The smallest absolute Gasteiger partial charge is 0.256 e. The zero-order valence-electron chi connectivity index (χ0n) is 14.6. The van der Waals surface area contributed by atoms with Crippen LogP contribution in [-0.4, -0.2) is 35.6 Å². The van der Waals surface area contributed by atoms with Gasteiger partial charge in [0.15, 0.2) is 0 Å². The minimum atomic E-state index is -0.786. The number of nitriles is 1. The second-order valence-electron chi connectivity index (χ2n) is 5.95. The Morgan fingerprint density at radius 1 is 1.33 bits per heavy atom. The summed E-state index contributed by atoms with van der Waals surface area (Å²) in [6, 6.07) is 5.16. The van der Waals surface area contributed by atoms with Gasteiger partial charge in [0.1, 0.15) is 22.1 Å². The SMILES string of the molecule is CNc1nc(Nc2cc(OC)c(C(=O)NC3(C#N)CC3)cc2Cl)ncc1Cl. The van der Waals surface area contributed by atoms with Crippen LogP contribution in [-0.2, 0) is 0 Å². The van der Waals surface area contributed by atoms with Crippen molar-refractivity contribution in [3.05, 3.63) is 33.9 Å². The molecule has 1 fully saturated rings. The van der Waals surface area contributed by atoms with E-state index in [0.29, 0.717) is 35.1 Å². The molecule has 1 heterocycles. The third kappa shape index (κ3) is 3.99. The number of ether oxygens (including phenoxy) is 1. The quantitative estimate of drug-likeness (QED) is 0.673. The van der Waals surface area contributed by atoms with E-state index in [1.807, 2.05) is 0 Å². The van der Waals surface area contributed by atoms with Gasteiger partial charge in [-0.3, -0.25) is 4.79 Å². The molecule has 1 aromatic heterocycles. The van der Waals surface area contributed by atoms with Crippen molar-refractivity contribution < 1.29 is 9.53 Å². The number of aromatic nitrogens is 2. The van der Waals surface area contributed by atoms with Crippen molar-refractivity contribution in [3.63, 3.8) is 0 Å². The van der Waals surface area contributed by atoms with Gasteiger partial charge < -0.3 is 20.7 Å². The normalized spacial score (nSPS) is 14.0. The van der Waals surface area contributed by atoms with Crippen molar-refractivity contribution >= 4 is 46.6 Å². The molecule has 3 rings (SSSR count). The zero-order valence-corrected chi connectivity index (χ0v) is 16.1. The highest BCUT2D eigenvalue weighted by atomic mass is 35.5. The summed E-state index contributed by atoms with van der Waals surface area (Å²) in [7, 11) is 3.13. The Kier molecular flexibility index (Phi) is 5.26. The van der Waals surface area contributed by atoms with Gasteiger partial charge in [0.05, 0.1) is 35.6 Å². The van der Waals surface area contributed by atoms with Gasteiger partial charge in [-0.05, 0) is 18.9 Å². The van der Waals surface area contributed by atoms with E-state index >= 15 is 0 Å². The molecular formula is C17H16Cl2N6O2. The second kappa shape index (κ2) is 7.47. The third-order valence-electron chi connectivity index (χ3n) is 4.08. The van der Waals surface area contributed by atoms with Crippen molar-refractivity contribution in [3.8, 4) is 11.8 Å². The summed E-state index contributed by atoms with van der Waals surface area (Å²) < 4.78 is 5.32. The molecule has 1 aliphatic rings. The third-order valence-corrected chi connectivity index (χ3v) is 4.67. The van der Waals surface area contributed by atoms with E-state index in [0.717, 1.165) is 0 Å². The largest absolute Gasteiger partial charge is 0.496 e. The van der Waals surface area contributed by atoms with Crippen LogP contribution in [0.25, 0.3) is 0 Å². The lowest BCUT2D eigenvalue weighted by molar-refractivity contribution is 0.0938. The first-order valence-corrected chi connectivity index (χ1v) is 8.75. The summed E-state index contributed by atoms with van der Waals surface area (Å²) in [5.41, 5.74) is -0.0926. The Hall–Kier alpha value is -2.76. The first kappa shape index (κ1) is 19.0. The molecule has 0 aliphatic heterocycles. The number of methoxy groups -OCH3 is 1. The van der Waals surface area contributed by atoms with Crippen LogP contribution in [0, 0.1) is 11.3 Å². The minimum Gasteiger partial charge on any atom is -0.496 e. The summed E-state index contributed by atoms with van der Waals surface area (Å²) in [5.74, 6) is 0.612. The van der Waals surface area contributed by atoms with Crippen LogP contribution in [0.1, 0.15) is 23.2 Å². The van der Waals surface area contributed by atoms with E-state index in [-0.39, 0.29) is 16.5 Å². The molecule has 0 atom stereocenters. The maximum Gasteiger partial charge on any atom is 0.256 e. The van der Waals surface area contributed by atoms with Crippen molar-refractivity contribution in [1.82, 2.24) is 15.3 Å². The van der Waals surface area contributed by atoms with Crippen molar-refractivity contribution in [2.75, 3.05) is 24.8 Å². The van der Waals surface area contributed by atoms with Gasteiger partial charge in [-0.15, -0.1) is 0 Å². The molecule has 1 aliphatic carbocycles. The van der Waals surface area contributed by atoms with Gasteiger partial charge in [0.2, 0.25) is 5.95 Å². The van der Waals surface area contributed by atoms with E-state index in [1.165, 1.54) is 19.4 Å². The maximum atomic E-state index is 12.5. The number of rotatable bonds is 6. The van der Waals surface area contributed by atoms with Gasteiger partial charge in [-0.25, -0.2) is 4.98 Å². The number of halogens is 2. The number of benzene rings is 1. The Bertz CT molecular complexity index is 940. The first-order chi connectivity index (χ1) is 12.9. The molecule has 10 heteroatoms. The molecule has 140 valence electrons. The average Bonchev–Trinajstić information content (AvgIpc) is 3.44. The number of carbonyl (C=O) groups is 1. The molecule has 0 unspecified atom stereocenters. The van der Waals surface area contributed by atoms with E-state index in [4.69, 9.17) is 33.2 Å². The standard InChI is InChI=1S/C17H16Cl2N6O2/c1-21-14-11(19)7-22-16(24-14)23-12-6-13(27-2)9(5-10(12)18)15(26)25-17(8-20)3-4-17/h5-7H,3-4H2,1-2H3,(H,25,26)(H2,21,22,23,24). The van der Waals surface area contributed by atoms with Crippen molar-refractivity contribution in [2.45, 2.75) is 18.4 Å². The topological polar surface area (TPSA) is 112 Å². The number of anilines is 3. The number of hydrogen-bond acceptors (Lipinski definition) is 7. The number of nitrogens with one attached hydrogen (secondary N) is 3. The van der Waals surface area contributed by atoms with Crippen molar-refractivity contribution in [1.29, 1.82) is 5.26 Å². The van der Waals surface area contributed by atoms with Crippen LogP contribution in [0.4, 0.5) is 17.5 Å². The Morgan fingerprint density at radius 3 is 2.67 bits per heavy atom. The average molecular weight is 407 g/mol. The monoisotopic (exact) mass is 406 g/mol.